The van der Waals surface area contributed by atoms with E-state index in [1.165, 1.54) is 6.54 Å². The molecule has 1 aliphatic heterocycles. The van der Waals surface area contributed by atoms with Crippen LogP contribution < -0.4 is 5.32 Å². The summed E-state index contributed by atoms with van der Waals surface area (Å²) in [5, 5.41) is 4.19. The highest BCUT2D eigenvalue weighted by molar-refractivity contribution is 8.00. The van der Waals surface area contributed by atoms with Crippen LogP contribution in [0.1, 0.15) is 13.8 Å². The van der Waals surface area contributed by atoms with Crippen LogP contribution in [-0.4, -0.2) is 17.7 Å². The van der Waals surface area contributed by atoms with Crippen molar-refractivity contribution in [2.75, 3.05) is 12.4 Å². The van der Waals surface area contributed by atoms with Crippen molar-refractivity contribution in [1.29, 1.82) is 0 Å². The van der Waals surface area contributed by atoms with Gasteiger partial charge in [-0.1, -0.05) is 13.8 Å². The van der Waals surface area contributed by atoms with Gasteiger partial charge in [0.25, 0.3) is 0 Å². The van der Waals surface area contributed by atoms with Crippen LogP contribution in [0.2, 0.25) is 0 Å². The summed E-state index contributed by atoms with van der Waals surface area (Å²) in [6.07, 6.45) is 0. The molecule has 0 radical (unpaired) electrons. The van der Waals surface area contributed by atoms with Gasteiger partial charge in [-0.15, -0.1) is 11.8 Å². The first-order valence-corrected chi connectivity index (χ1v) is 4.18. The Morgan fingerprint density at radius 2 is 2.38 bits per heavy atom. The van der Waals surface area contributed by atoms with Crippen LogP contribution in [0.15, 0.2) is 0 Å². The number of hydrogen-bond donors (Lipinski definition) is 1. The lowest BCUT2D eigenvalue weighted by molar-refractivity contribution is 0.597. The predicted octanol–water partition coefficient (Wildman–Crippen LogP) is 1.30. The topological polar surface area (TPSA) is 12.0 Å². The molecule has 2 heteroatoms. The third kappa shape index (κ3) is 1.39. The molecule has 1 heterocycles. The van der Waals surface area contributed by atoms with E-state index in [9.17, 15) is 0 Å². The first-order chi connectivity index (χ1) is 3.80. The Morgan fingerprint density at radius 1 is 1.62 bits per heavy atom. The van der Waals surface area contributed by atoms with Crippen LogP contribution in [0.3, 0.4) is 0 Å². The van der Waals surface area contributed by atoms with Crippen LogP contribution in [0.5, 0.6) is 0 Å². The first kappa shape index (κ1) is 6.43. The van der Waals surface area contributed by atoms with Gasteiger partial charge in [-0.25, -0.2) is 0 Å². The van der Waals surface area contributed by atoms with E-state index in [1.807, 2.05) is 11.8 Å². The van der Waals surface area contributed by atoms with E-state index in [4.69, 9.17) is 0 Å². The molecule has 0 bridgehead atoms. The number of hydrogen-bond acceptors (Lipinski definition) is 2. The van der Waals surface area contributed by atoms with E-state index in [0.717, 1.165) is 17.0 Å². The van der Waals surface area contributed by atoms with Crippen molar-refractivity contribution in [3.8, 4) is 0 Å². The monoisotopic (exact) mass is 131 g/mol. The van der Waals surface area contributed by atoms with Crippen LogP contribution in [0, 0.1) is 5.92 Å². The molecule has 48 valence electrons. The minimum atomic E-state index is 0.843. The second kappa shape index (κ2) is 2.74. The van der Waals surface area contributed by atoms with E-state index in [2.05, 4.69) is 19.2 Å². The van der Waals surface area contributed by atoms with Crippen molar-refractivity contribution in [3.63, 3.8) is 0 Å². The quantitative estimate of drug-likeness (QED) is 0.576. The Hall–Kier alpha value is 0.310. The smallest absolute Gasteiger partial charge is 0.0421 e. The Balaban J connectivity index is 2.24. The van der Waals surface area contributed by atoms with Crippen molar-refractivity contribution in [1.82, 2.24) is 5.32 Å². The van der Waals surface area contributed by atoms with Gasteiger partial charge in [-0.3, -0.25) is 0 Å². The van der Waals surface area contributed by atoms with Crippen molar-refractivity contribution in [3.05, 3.63) is 0 Å². The molecule has 8 heavy (non-hydrogen) atoms. The van der Waals surface area contributed by atoms with Crippen molar-refractivity contribution in [2.45, 2.75) is 19.1 Å². The molecule has 0 aromatic heterocycles. The highest BCUT2D eigenvalue weighted by Crippen LogP contribution is 2.21. The zero-order valence-corrected chi connectivity index (χ0v) is 6.29. The van der Waals surface area contributed by atoms with Gasteiger partial charge in [0.15, 0.2) is 0 Å². The zero-order valence-electron chi connectivity index (χ0n) is 5.48. The van der Waals surface area contributed by atoms with Gasteiger partial charge in [0.05, 0.1) is 0 Å². The van der Waals surface area contributed by atoms with Gasteiger partial charge in [0.2, 0.25) is 0 Å². The van der Waals surface area contributed by atoms with Crippen LogP contribution in [-0.2, 0) is 0 Å². The molecule has 1 N–H and O–H groups in total. The Bertz CT molecular complexity index is 66.9. The summed E-state index contributed by atoms with van der Waals surface area (Å²) >= 11 is 2.04. The second-order valence-corrected chi connectivity index (χ2v) is 3.78. The fraction of sp³-hybridized carbons (Fsp3) is 1.00. The summed E-state index contributed by atoms with van der Waals surface area (Å²) in [6, 6.07) is 0. The molecule has 1 unspecified atom stereocenters. The van der Waals surface area contributed by atoms with Crippen LogP contribution in [0.4, 0.5) is 0 Å². The summed E-state index contributed by atoms with van der Waals surface area (Å²) in [7, 11) is 0. The van der Waals surface area contributed by atoms with Gasteiger partial charge in [-0.2, -0.15) is 0 Å². The predicted molar refractivity (Wildman–Crippen MR) is 39.1 cm³/mol. The van der Waals surface area contributed by atoms with E-state index < -0.39 is 0 Å². The Kier molecular flexibility index (Phi) is 2.20. The summed E-state index contributed by atoms with van der Waals surface area (Å²) in [5.74, 6) is 2.00. The normalized spacial score (nSPS) is 29.6. The maximum atomic E-state index is 3.32. The molecular weight excluding hydrogens is 118 g/mol. The first-order valence-electron chi connectivity index (χ1n) is 3.13. The molecule has 0 aromatic carbocycles. The minimum absolute atomic E-state index is 0.843. The maximum Gasteiger partial charge on any atom is 0.0421 e. The molecule has 0 amide bonds. The molecule has 1 atom stereocenters. The summed E-state index contributed by atoms with van der Waals surface area (Å²) in [6.45, 7) is 5.78. The fourth-order valence-electron chi connectivity index (χ4n) is 0.854. The number of nitrogens with one attached hydrogen (secondary N) is 1. The van der Waals surface area contributed by atoms with Gasteiger partial charge < -0.3 is 5.32 Å². The molecule has 1 saturated heterocycles. The van der Waals surface area contributed by atoms with Gasteiger partial charge >= 0.3 is 0 Å². The molecular formula is C6H13NS. The molecule has 0 spiro atoms. The summed E-state index contributed by atoms with van der Waals surface area (Å²) in [5.41, 5.74) is 0. The summed E-state index contributed by atoms with van der Waals surface area (Å²) < 4.78 is 0. The van der Waals surface area contributed by atoms with E-state index in [1.54, 1.807) is 0 Å². The fourth-order valence-corrected chi connectivity index (χ4v) is 1.92. The summed E-state index contributed by atoms with van der Waals surface area (Å²) in [4.78, 5) is 0. The maximum absolute atomic E-state index is 3.32. The Labute approximate surface area is 55.2 Å². The third-order valence-electron chi connectivity index (χ3n) is 1.49. The van der Waals surface area contributed by atoms with Crippen LogP contribution in [0.25, 0.3) is 0 Å². The lowest BCUT2D eigenvalue weighted by Crippen LogP contribution is -2.17. The number of thioether (sulfide) groups is 1. The van der Waals surface area contributed by atoms with Gasteiger partial charge in [0.1, 0.15) is 0 Å². The number of rotatable bonds is 1. The molecule has 1 rings (SSSR count). The van der Waals surface area contributed by atoms with E-state index >= 15 is 0 Å². The Morgan fingerprint density at radius 3 is 2.62 bits per heavy atom. The zero-order chi connectivity index (χ0) is 5.98. The third-order valence-corrected chi connectivity index (χ3v) is 3.00. The van der Waals surface area contributed by atoms with Gasteiger partial charge in [0, 0.05) is 17.7 Å². The molecule has 0 aliphatic carbocycles. The average Bonchev–Trinajstić information content (AvgIpc) is 2.12. The van der Waals surface area contributed by atoms with E-state index in [0.29, 0.717) is 0 Å². The minimum Gasteiger partial charge on any atom is -0.307 e. The van der Waals surface area contributed by atoms with Crippen molar-refractivity contribution >= 4 is 11.8 Å². The second-order valence-electron chi connectivity index (χ2n) is 2.55. The average molecular weight is 131 g/mol. The molecule has 1 fully saturated rings. The van der Waals surface area contributed by atoms with E-state index in [-0.39, 0.29) is 0 Å². The highest BCUT2D eigenvalue weighted by atomic mass is 32.2. The molecule has 1 nitrogen and oxygen atoms in total. The molecule has 1 aliphatic rings. The highest BCUT2D eigenvalue weighted by Gasteiger charge is 2.17. The van der Waals surface area contributed by atoms with Crippen molar-refractivity contribution < 1.29 is 0 Å². The lowest BCUT2D eigenvalue weighted by Gasteiger charge is -2.09. The SMILES string of the molecule is CC(C)C1CNCS1. The standard InChI is InChI=1S/C6H13NS/c1-5(2)6-3-7-4-8-6/h5-7H,3-4H2,1-2H3. The lowest BCUT2D eigenvalue weighted by atomic mass is 10.1. The van der Waals surface area contributed by atoms with Crippen molar-refractivity contribution in [2.24, 2.45) is 5.92 Å². The molecule has 0 aromatic rings. The largest absolute Gasteiger partial charge is 0.307 e. The van der Waals surface area contributed by atoms with Gasteiger partial charge in [-0.05, 0) is 5.92 Å². The van der Waals surface area contributed by atoms with Crippen LogP contribution >= 0.6 is 11.8 Å². The molecule has 0 saturated carbocycles.